The van der Waals surface area contributed by atoms with E-state index >= 15 is 0 Å². The second-order valence-corrected chi connectivity index (χ2v) is 7.00. The van der Waals surface area contributed by atoms with Gasteiger partial charge in [0.2, 0.25) is 5.16 Å². The fourth-order valence-electron chi connectivity index (χ4n) is 2.82. The minimum Gasteiger partial charge on any atom is -0.482 e. The first-order valence-corrected chi connectivity index (χ1v) is 9.67. The fraction of sp³-hybridized carbons (Fsp3) is 0.200. The predicted octanol–water partition coefficient (Wildman–Crippen LogP) is 4.60. The van der Waals surface area contributed by atoms with E-state index in [4.69, 9.17) is 4.74 Å². The molecule has 1 N–H and O–H groups in total. The number of rotatable bonds is 6. The standard InChI is InChI=1S/C20H19FN4OS/c1-2-5-14-8-10-15(11-9-14)17-13-27-20-23-22-19(25(20)24-17)12-26-18-7-4-3-6-16(18)21/h3-4,6-11,13,24H,2,5,12H2,1H3. The largest absolute Gasteiger partial charge is 0.482 e. The first-order valence-electron chi connectivity index (χ1n) is 8.79. The lowest BCUT2D eigenvalue weighted by molar-refractivity contribution is 0.277. The average molecular weight is 382 g/mol. The summed E-state index contributed by atoms with van der Waals surface area (Å²) in [5.74, 6) is 0.375. The lowest BCUT2D eigenvalue weighted by Crippen LogP contribution is -2.21. The first-order chi connectivity index (χ1) is 13.2. The maximum atomic E-state index is 13.7. The number of aromatic nitrogens is 3. The molecule has 2 heterocycles. The van der Waals surface area contributed by atoms with Crippen molar-refractivity contribution in [1.82, 2.24) is 14.9 Å². The third kappa shape index (κ3) is 3.83. The van der Waals surface area contributed by atoms with E-state index in [-0.39, 0.29) is 12.4 Å². The summed E-state index contributed by atoms with van der Waals surface area (Å²) in [5.41, 5.74) is 6.70. The molecule has 0 bridgehead atoms. The van der Waals surface area contributed by atoms with E-state index in [9.17, 15) is 4.39 Å². The highest BCUT2D eigenvalue weighted by Gasteiger charge is 2.19. The lowest BCUT2D eigenvalue weighted by atomic mass is 10.1. The number of nitrogens with one attached hydrogen (secondary N) is 1. The molecular formula is C20H19FN4OS. The Balaban J connectivity index is 1.49. The second kappa shape index (κ2) is 7.84. The van der Waals surface area contributed by atoms with Crippen molar-refractivity contribution in [3.63, 3.8) is 0 Å². The topological polar surface area (TPSA) is 52.0 Å². The summed E-state index contributed by atoms with van der Waals surface area (Å²) < 4.78 is 21.1. The Labute approximate surface area is 161 Å². The van der Waals surface area contributed by atoms with E-state index in [0.29, 0.717) is 11.0 Å². The number of fused-ring (bicyclic) bond motifs is 1. The summed E-state index contributed by atoms with van der Waals surface area (Å²) in [4.78, 5) is 0. The van der Waals surface area contributed by atoms with Crippen molar-refractivity contribution in [2.75, 3.05) is 5.43 Å². The van der Waals surface area contributed by atoms with Gasteiger partial charge in [0.05, 0.1) is 5.70 Å². The molecule has 1 aliphatic rings. The van der Waals surface area contributed by atoms with Crippen LogP contribution in [0.3, 0.4) is 0 Å². The van der Waals surface area contributed by atoms with Gasteiger partial charge in [0, 0.05) is 5.41 Å². The lowest BCUT2D eigenvalue weighted by Gasteiger charge is -2.19. The summed E-state index contributed by atoms with van der Waals surface area (Å²) in [6.07, 6.45) is 2.21. The minimum absolute atomic E-state index is 0.115. The van der Waals surface area contributed by atoms with Crippen LogP contribution in [0.5, 0.6) is 5.75 Å². The number of benzene rings is 2. The van der Waals surface area contributed by atoms with E-state index in [2.05, 4.69) is 46.8 Å². The summed E-state index contributed by atoms with van der Waals surface area (Å²) in [7, 11) is 0. The smallest absolute Gasteiger partial charge is 0.214 e. The molecule has 1 aliphatic heterocycles. The fourth-order valence-corrected chi connectivity index (χ4v) is 3.57. The highest BCUT2D eigenvalue weighted by Crippen LogP contribution is 2.29. The maximum absolute atomic E-state index is 13.7. The van der Waals surface area contributed by atoms with Gasteiger partial charge >= 0.3 is 0 Å². The zero-order valence-corrected chi connectivity index (χ0v) is 15.7. The molecule has 0 amide bonds. The van der Waals surface area contributed by atoms with Crippen molar-refractivity contribution >= 4 is 17.5 Å². The van der Waals surface area contributed by atoms with Gasteiger partial charge in [-0.05, 0) is 29.7 Å². The molecule has 2 aromatic carbocycles. The Kier molecular flexibility index (Phi) is 5.11. The quantitative estimate of drug-likeness (QED) is 0.675. The zero-order chi connectivity index (χ0) is 18.6. The van der Waals surface area contributed by atoms with Crippen LogP contribution in [0.15, 0.2) is 59.1 Å². The van der Waals surface area contributed by atoms with Crippen LogP contribution in [-0.2, 0) is 13.0 Å². The average Bonchev–Trinajstić information content (AvgIpc) is 3.10. The molecule has 0 saturated heterocycles. The number of aryl methyl sites for hydroxylation is 1. The number of ether oxygens (including phenoxy) is 1. The van der Waals surface area contributed by atoms with Gasteiger partial charge in [-0.25, -0.2) is 9.07 Å². The number of thioether (sulfide) groups is 1. The molecule has 1 aromatic heterocycles. The number of para-hydroxylation sites is 1. The van der Waals surface area contributed by atoms with Crippen molar-refractivity contribution in [3.8, 4) is 5.75 Å². The molecule has 0 saturated carbocycles. The Morgan fingerprint density at radius 3 is 2.70 bits per heavy atom. The highest BCUT2D eigenvalue weighted by molar-refractivity contribution is 8.02. The van der Waals surface area contributed by atoms with Crippen LogP contribution in [-0.4, -0.2) is 14.9 Å². The van der Waals surface area contributed by atoms with Crippen molar-refractivity contribution in [1.29, 1.82) is 0 Å². The van der Waals surface area contributed by atoms with E-state index in [1.54, 1.807) is 22.9 Å². The Morgan fingerprint density at radius 2 is 1.93 bits per heavy atom. The Morgan fingerprint density at radius 1 is 1.11 bits per heavy atom. The molecule has 0 radical (unpaired) electrons. The van der Waals surface area contributed by atoms with Crippen molar-refractivity contribution in [2.45, 2.75) is 31.5 Å². The van der Waals surface area contributed by atoms with Crippen LogP contribution < -0.4 is 10.2 Å². The van der Waals surface area contributed by atoms with Gasteiger partial charge in [-0.3, -0.25) is 5.43 Å². The molecule has 27 heavy (non-hydrogen) atoms. The van der Waals surface area contributed by atoms with Gasteiger partial charge in [-0.15, -0.1) is 10.2 Å². The Hall–Kier alpha value is -2.80. The molecular weight excluding hydrogens is 363 g/mol. The van der Waals surface area contributed by atoms with Crippen molar-refractivity contribution in [2.24, 2.45) is 0 Å². The van der Waals surface area contributed by atoms with Crippen LogP contribution in [0.4, 0.5) is 4.39 Å². The van der Waals surface area contributed by atoms with Gasteiger partial charge in [-0.1, -0.05) is 61.5 Å². The summed E-state index contributed by atoms with van der Waals surface area (Å²) >= 11 is 1.49. The van der Waals surface area contributed by atoms with E-state index < -0.39 is 5.82 Å². The van der Waals surface area contributed by atoms with Crippen molar-refractivity contribution < 1.29 is 9.13 Å². The van der Waals surface area contributed by atoms with E-state index in [1.165, 1.54) is 23.4 Å². The summed E-state index contributed by atoms with van der Waals surface area (Å²) in [6, 6.07) is 14.8. The second-order valence-electron chi connectivity index (χ2n) is 6.16. The van der Waals surface area contributed by atoms with Gasteiger partial charge in [0.1, 0.15) is 6.61 Å². The van der Waals surface area contributed by atoms with Gasteiger partial charge in [0.25, 0.3) is 0 Å². The molecule has 0 unspecified atom stereocenters. The number of hydrogen-bond acceptors (Lipinski definition) is 5. The Bertz CT molecular complexity index is 968. The van der Waals surface area contributed by atoms with Crippen LogP contribution in [0.2, 0.25) is 0 Å². The van der Waals surface area contributed by atoms with Crippen LogP contribution >= 0.6 is 11.8 Å². The minimum atomic E-state index is -0.397. The molecule has 138 valence electrons. The zero-order valence-electron chi connectivity index (χ0n) is 14.9. The molecule has 0 atom stereocenters. The van der Waals surface area contributed by atoms with Gasteiger partial charge < -0.3 is 4.74 Å². The van der Waals surface area contributed by atoms with Gasteiger partial charge in [-0.2, -0.15) is 0 Å². The van der Waals surface area contributed by atoms with Crippen molar-refractivity contribution in [3.05, 3.63) is 76.7 Å². The molecule has 0 aliphatic carbocycles. The first kappa shape index (κ1) is 17.6. The highest BCUT2D eigenvalue weighted by atomic mass is 32.2. The van der Waals surface area contributed by atoms with E-state index in [1.807, 2.05) is 5.41 Å². The number of hydrogen-bond donors (Lipinski definition) is 1. The predicted molar refractivity (Wildman–Crippen MR) is 104 cm³/mol. The van der Waals surface area contributed by atoms with Crippen LogP contribution in [0.25, 0.3) is 5.70 Å². The number of halogens is 1. The third-order valence-electron chi connectivity index (χ3n) is 4.21. The molecule has 7 heteroatoms. The molecule has 3 aromatic rings. The number of nitrogens with zero attached hydrogens (tertiary/aromatic N) is 3. The van der Waals surface area contributed by atoms with Crippen LogP contribution in [0.1, 0.15) is 30.3 Å². The summed E-state index contributed by atoms with van der Waals surface area (Å²) in [5, 5.41) is 11.0. The maximum Gasteiger partial charge on any atom is 0.214 e. The van der Waals surface area contributed by atoms with Gasteiger partial charge in [0.15, 0.2) is 17.4 Å². The summed E-state index contributed by atoms with van der Waals surface area (Å²) in [6.45, 7) is 2.29. The molecule has 0 fully saturated rings. The van der Waals surface area contributed by atoms with E-state index in [0.717, 1.165) is 24.1 Å². The SMILES string of the molecule is CCCc1ccc(C2=CSc3nnc(COc4ccccc4F)n3N2)cc1. The van der Waals surface area contributed by atoms with Crippen LogP contribution in [0, 0.1) is 5.82 Å². The third-order valence-corrected chi connectivity index (χ3v) is 5.04. The monoisotopic (exact) mass is 382 g/mol. The molecule has 4 rings (SSSR count). The molecule has 5 nitrogen and oxygen atoms in total. The normalized spacial score (nSPS) is 12.9. The molecule has 0 spiro atoms.